The second-order valence-corrected chi connectivity index (χ2v) is 7.44. The van der Waals surface area contributed by atoms with Gasteiger partial charge in [-0.05, 0) is 42.0 Å². The van der Waals surface area contributed by atoms with Crippen LogP contribution in [0.5, 0.6) is 5.75 Å². The first-order valence-electron chi connectivity index (χ1n) is 9.14. The molecule has 0 bridgehead atoms. The van der Waals surface area contributed by atoms with E-state index in [1.54, 1.807) is 7.11 Å². The van der Waals surface area contributed by atoms with E-state index in [0.717, 1.165) is 23.7 Å². The van der Waals surface area contributed by atoms with Gasteiger partial charge in [0.1, 0.15) is 30.4 Å². The van der Waals surface area contributed by atoms with Gasteiger partial charge in [0.05, 0.1) is 17.7 Å². The fourth-order valence-corrected chi connectivity index (χ4v) is 4.00. The van der Waals surface area contributed by atoms with Crippen LogP contribution in [0, 0.1) is 0 Å². The van der Waals surface area contributed by atoms with E-state index in [1.165, 1.54) is 16.1 Å². The molecule has 0 N–H and O–H groups in total. The van der Waals surface area contributed by atoms with Crippen LogP contribution in [0.15, 0.2) is 96.5 Å². The van der Waals surface area contributed by atoms with Crippen molar-refractivity contribution in [1.29, 1.82) is 0 Å². The van der Waals surface area contributed by atoms with E-state index >= 15 is 0 Å². The summed E-state index contributed by atoms with van der Waals surface area (Å²) >= 11 is 1.84. The van der Waals surface area contributed by atoms with Gasteiger partial charge in [0.25, 0.3) is 0 Å². The first kappa shape index (κ1) is 18.3. The van der Waals surface area contributed by atoms with E-state index in [0.29, 0.717) is 0 Å². The Labute approximate surface area is 169 Å². The Hall–Kier alpha value is -3.05. The van der Waals surface area contributed by atoms with Gasteiger partial charge < -0.3 is 4.74 Å². The Kier molecular flexibility index (Phi) is 5.73. The molecule has 0 amide bonds. The number of benzene rings is 2. The van der Waals surface area contributed by atoms with E-state index in [9.17, 15) is 0 Å². The zero-order valence-electron chi connectivity index (χ0n) is 15.7. The number of ether oxygens (including phenoxy) is 1. The number of methoxy groups -OCH3 is 1. The van der Waals surface area contributed by atoms with Gasteiger partial charge in [-0.15, -0.1) is 11.8 Å². The predicted octanol–water partition coefficient (Wildman–Crippen LogP) is 4.51. The van der Waals surface area contributed by atoms with E-state index in [-0.39, 0.29) is 0 Å². The van der Waals surface area contributed by atoms with Crippen LogP contribution in [-0.4, -0.2) is 16.7 Å². The summed E-state index contributed by atoms with van der Waals surface area (Å²) in [6, 6.07) is 22.7. The Morgan fingerprint density at radius 1 is 1.00 bits per heavy atom. The number of rotatable bonds is 7. The molecule has 2 heterocycles. The Bertz CT molecular complexity index is 1030. The van der Waals surface area contributed by atoms with Crippen molar-refractivity contribution >= 4 is 11.8 Å². The molecular formula is C23H22N3OS+. The molecule has 0 aliphatic rings. The van der Waals surface area contributed by atoms with E-state index in [1.807, 2.05) is 48.3 Å². The number of imidazole rings is 1. The molecule has 0 aliphatic heterocycles. The maximum Gasteiger partial charge on any atom is 0.249 e. The van der Waals surface area contributed by atoms with Crippen molar-refractivity contribution in [3.63, 3.8) is 0 Å². The molecule has 5 heteroatoms. The van der Waals surface area contributed by atoms with Crippen LogP contribution in [0.1, 0.15) is 11.3 Å². The highest BCUT2D eigenvalue weighted by Crippen LogP contribution is 2.29. The summed E-state index contributed by atoms with van der Waals surface area (Å²) in [7, 11) is 1.69. The lowest BCUT2D eigenvalue weighted by molar-refractivity contribution is -0.688. The molecule has 140 valence electrons. The number of nitrogens with zero attached hydrogens (tertiary/aromatic N) is 3. The van der Waals surface area contributed by atoms with E-state index in [4.69, 9.17) is 4.74 Å². The fraction of sp³-hybridized carbons (Fsp3) is 0.130. The van der Waals surface area contributed by atoms with Crippen molar-refractivity contribution in [3.8, 4) is 11.4 Å². The topological polar surface area (TPSA) is 30.9 Å². The summed E-state index contributed by atoms with van der Waals surface area (Å²) < 4.78 is 9.55. The maximum absolute atomic E-state index is 5.24. The molecule has 0 saturated carbocycles. The lowest BCUT2D eigenvalue weighted by atomic mass is 10.2. The monoisotopic (exact) mass is 388 g/mol. The smallest absolute Gasteiger partial charge is 0.249 e. The Balaban J connectivity index is 1.49. The Morgan fingerprint density at radius 2 is 1.82 bits per heavy atom. The molecule has 2 aromatic carbocycles. The minimum absolute atomic E-state index is 0.759. The first-order valence-corrected chi connectivity index (χ1v) is 10.1. The third-order valence-corrected chi connectivity index (χ3v) is 5.59. The molecule has 0 radical (unpaired) electrons. The SMILES string of the molecule is COc1ccc(CSc2ccccc2-n2cc[n+](Cc3ccccn3)c2)cc1. The molecule has 4 nitrogen and oxygen atoms in total. The molecule has 0 spiro atoms. The van der Waals surface area contributed by atoms with Gasteiger partial charge >= 0.3 is 0 Å². The van der Waals surface area contributed by atoms with Crippen LogP contribution in [-0.2, 0) is 12.3 Å². The number of hydrogen-bond donors (Lipinski definition) is 0. The quantitative estimate of drug-likeness (QED) is 0.345. The molecule has 0 fully saturated rings. The summed E-state index contributed by atoms with van der Waals surface area (Å²) in [6.45, 7) is 0.759. The van der Waals surface area contributed by atoms with Crippen molar-refractivity contribution in [1.82, 2.24) is 9.55 Å². The first-order chi connectivity index (χ1) is 13.8. The summed E-state index contributed by atoms with van der Waals surface area (Å²) in [5.74, 6) is 1.80. The lowest BCUT2D eigenvalue weighted by Gasteiger charge is -2.07. The second-order valence-electron chi connectivity index (χ2n) is 6.42. The van der Waals surface area contributed by atoms with E-state index < -0.39 is 0 Å². The summed E-state index contributed by atoms with van der Waals surface area (Å²) in [4.78, 5) is 5.65. The number of thioether (sulfide) groups is 1. The van der Waals surface area contributed by atoms with Gasteiger partial charge in [-0.3, -0.25) is 4.98 Å². The van der Waals surface area contributed by atoms with Crippen LogP contribution in [0.2, 0.25) is 0 Å². The van der Waals surface area contributed by atoms with Crippen LogP contribution >= 0.6 is 11.8 Å². The van der Waals surface area contributed by atoms with Crippen molar-refractivity contribution in [3.05, 3.63) is 103 Å². The lowest BCUT2D eigenvalue weighted by Crippen LogP contribution is -2.31. The van der Waals surface area contributed by atoms with Gasteiger partial charge in [0.2, 0.25) is 6.33 Å². The van der Waals surface area contributed by atoms with Gasteiger partial charge in [-0.2, -0.15) is 0 Å². The number of para-hydroxylation sites is 1. The highest BCUT2D eigenvalue weighted by molar-refractivity contribution is 7.98. The molecule has 0 unspecified atom stereocenters. The van der Waals surface area contributed by atoms with Crippen molar-refractivity contribution in [2.45, 2.75) is 17.2 Å². The zero-order valence-corrected chi connectivity index (χ0v) is 16.5. The number of pyridine rings is 1. The molecule has 2 aromatic heterocycles. The van der Waals surface area contributed by atoms with Crippen LogP contribution in [0.4, 0.5) is 0 Å². The molecular weight excluding hydrogens is 366 g/mol. The summed E-state index contributed by atoms with van der Waals surface area (Å²) in [5, 5.41) is 0. The van der Waals surface area contributed by atoms with Crippen molar-refractivity contribution in [2.24, 2.45) is 0 Å². The zero-order chi connectivity index (χ0) is 19.2. The average Bonchev–Trinajstić information content (AvgIpc) is 3.22. The van der Waals surface area contributed by atoms with Gasteiger partial charge in [0.15, 0.2) is 0 Å². The minimum Gasteiger partial charge on any atom is -0.497 e. The molecule has 4 rings (SSSR count). The van der Waals surface area contributed by atoms with Crippen LogP contribution in [0.3, 0.4) is 0 Å². The highest BCUT2D eigenvalue weighted by atomic mass is 32.2. The third kappa shape index (κ3) is 4.43. The molecule has 0 atom stereocenters. The molecule has 0 aliphatic carbocycles. The Morgan fingerprint density at radius 3 is 2.61 bits per heavy atom. The predicted molar refractivity (Wildman–Crippen MR) is 112 cm³/mol. The molecule has 0 saturated heterocycles. The summed E-state index contributed by atoms with van der Waals surface area (Å²) in [6.07, 6.45) is 8.12. The minimum atomic E-state index is 0.759. The second kappa shape index (κ2) is 8.76. The standard InChI is InChI=1S/C23H22N3OS/c1-27-21-11-9-19(10-12-21)17-28-23-8-3-2-7-22(23)26-15-14-25(18-26)16-20-6-4-5-13-24-20/h2-15,18H,16-17H2,1H3/q+1. The molecule has 28 heavy (non-hydrogen) atoms. The maximum atomic E-state index is 5.24. The van der Waals surface area contributed by atoms with Crippen molar-refractivity contribution in [2.75, 3.05) is 7.11 Å². The van der Waals surface area contributed by atoms with Crippen molar-refractivity contribution < 1.29 is 9.30 Å². The van der Waals surface area contributed by atoms with Gasteiger partial charge in [0, 0.05) is 11.9 Å². The number of hydrogen-bond acceptors (Lipinski definition) is 3. The fourth-order valence-electron chi connectivity index (χ4n) is 2.98. The largest absolute Gasteiger partial charge is 0.497 e. The highest BCUT2D eigenvalue weighted by Gasteiger charge is 2.12. The molecule has 4 aromatic rings. The van der Waals surface area contributed by atoms with Gasteiger partial charge in [-0.25, -0.2) is 9.13 Å². The number of aromatic nitrogens is 3. The van der Waals surface area contributed by atoms with Crippen LogP contribution < -0.4 is 9.30 Å². The van der Waals surface area contributed by atoms with Crippen LogP contribution in [0.25, 0.3) is 5.69 Å². The van der Waals surface area contributed by atoms with E-state index in [2.05, 4.69) is 69.2 Å². The summed E-state index contributed by atoms with van der Waals surface area (Å²) in [5.41, 5.74) is 3.51. The normalized spacial score (nSPS) is 10.8. The van der Waals surface area contributed by atoms with Gasteiger partial charge in [-0.1, -0.05) is 30.3 Å². The third-order valence-electron chi connectivity index (χ3n) is 4.46. The average molecular weight is 389 g/mol.